The first kappa shape index (κ1) is 15.1. The maximum Gasteiger partial charge on any atom is 0.317 e. The molecule has 0 aliphatic carbocycles. The number of amides is 2. The largest absolute Gasteiger partial charge is 0.481 e. The summed E-state index contributed by atoms with van der Waals surface area (Å²) in [5.41, 5.74) is 0.545. The Bertz CT molecular complexity index is 516. The van der Waals surface area contributed by atoms with Gasteiger partial charge in [-0.15, -0.1) is 0 Å². The second-order valence-electron chi connectivity index (χ2n) is 4.80. The number of carboxylic acid groups (broad SMARTS) is 1. The van der Waals surface area contributed by atoms with Gasteiger partial charge < -0.3 is 20.2 Å². The van der Waals surface area contributed by atoms with Gasteiger partial charge in [-0.25, -0.2) is 9.18 Å². The number of carbonyl (C=O) groups is 2. The van der Waals surface area contributed by atoms with Crippen LogP contribution in [0, 0.1) is 5.82 Å². The van der Waals surface area contributed by atoms with Gasteiger partial charge in [0.1, 0.15) is 5.82 Å². The first-order valence-electron chi connectivity index (χ1n) is 6.82. The van der Waals surface area contributed by atoms with Gasteiger partial charge in [-0.2, -0.15) is 0 Å². The van der Waals surface area contributed by atoms with E-state index in [-0.39, 0.29) is 24.8 Å². The average molecular weight is 295 g/mol. The number of carboxylic acids is 1. The van der Waals surface area contributed by atoms with Gasteiger partial charge in [0.15, 0.2) is 0 Å². The minimum absolute atomic E-state index is 0.0963. The van der Waals surface area contributed by atoms with Crippen LogP contribution in [0.2, 0.25) is 0 Å². The molecule has 2 amide bonds. The Hall–Kier alpha value is -2.31. The summed E-state index contributed by atoms with van der Waals surface area (Å²) < 4.78 is 13.7. The standard InChI is InChI=1S/C14H18FN3O3/c15-11-3-1-2-4-12(11)17-7-9-18(10-8-17)14(21)16-6-5-13(19)20/h1-4H,5-10H2,(H,16,21)(H,19,20). The third-order valence-electron chi connectivity index (χ3n) is 3.38. The van der Waals surface area contributed by atoms with E-state index in [0.29, 0.717) is 31.9 Å². The number of rotatable bonds is 4. The highest BCUT2D eigenvalue weighted by atomic mass is 19.1. The molecule has 0 radical (unpaired) electrons. The molecule has 21 heavy (non-hydrogen) atoms. The van der Waals surface area contributed by atoms with Crippen molar-refractivity contribution < 1.29 is 19.1 Å². The minimum atomic E-state index is -0.945. The van der Waals surface area contributed by atoms with Crippen molar-refractivity contribution in [3.05, 3.63) is 30.1 Å². The number of piperazine rings is 1. The molecule has 1 aliphatic rings. The first-order chi connectivity index (χ1) is 10.1. The van der Waals surface area contributed by atoms with Gasteiger partial charge in [-0.05, 0) is 12.1 Å². The second kappa shape index (κ2) is 6.92. The maximum absolute atomic E-state index is 13.7. The third-order valence-corrected chi connectivity index (χ3v) is 3.38. The quantitative estimate of drug-likeness (QED) is 0.873. The smallest absolute Gasteiger partial charge is 0.317 e. The number of nitrogens with one attached hydrogen (secondary N) is 1. The van der Waals surface area contributed by atoms with Crippen LogP contribution in [0.15, 0.2) is 24.3 Å². The zero-order valence-corrected chi connectivity index (χ0v) is 11.6. The van der Waals surface area contributed by atoms with E-state index in [1.807, 2.05) is 4.90 Å². The minimum Gasteiger partial charge on any atom is -0.481 e. The molecular weight excluding hydrogens is 277 g/mol. The van der Waals surface area contributed by atoms with Gasteiger partial charge in [0.05, 0.1) is 12.1 Å². The van der Waals surface area contributed by atoms with Crippen LogP contribution in [0.3, 0.4) is 0 Å². The Morgan fingerprint density at radius 3 is 2.48 bits per heavy atom. The molecule has 7 heteroatoms. The van der Waals surface area contributed by atoms with Crippen molar-refractivity contribution in [3.63, 3.8) is 0 Å². The molecule has 1 heterocycles. The van der Waals surface area contributed by atoms with E-state index in [9.17, 15) is 14.0 Å². The highest BCUT2D eigenvalue weighted by Crippen LogP contribution is 2.19. The Kier molecular flexibility index (Phi) is 4.97. The molecule has 0 spiro atoms. The lowest BCUT2D eigenvalue weighted by atomic mass is 10.2. The third kappa shape index (κ3) is 4.08. The molecular formula is C14H18FN3O3. The number of nitrogens with zero attached hydrogens (tertiary/aromatic N) is 2. The van der Waals surface area contributed by atoms with E-state index in [1.54, 1.807) is 23.1 Å². The number of halogens is 1. The highest BCUT2D eigenvalue weighted by molar-refractivity contribution is 5.75. The molecule has 0 saturated carbocycles. The number of aliphatic carboxylic acids is 1. The Balaban J connectivity index is 1.82. The Morgan fingerprint density at radius 1 is 1.19 bits per heavy atom. The maximum atomic E-state index is 13.7. The summed E-state index contributed by atoms with van der Waals surface area (Å²) >= 11 is 0. The fraction of sp³-hybridized carbons (Fsp3) is 0.429. The van der Waals surface area contributed by atoms with E-state index in [0.717, 1.165) is 0 Å². The van der Waals surface area contributed by atoms with E-state index in [4.69, 9.17) is 5.11 Å². The number of para-hydroxylation sites is 1. The number of anilines is 1. The Morgan fingerprint density at radius 2 is 1.86 bits per heavy atom. The van der Waals surface area contributed by atoms with Crippen molar-refractivity contribution in [2.24, 2.45) is 0 Å². The van der Waals surface area contributed by atoms with Crippen LogP contribution in [0.5, 0.6) is 0 Å². The fourth-order valence-corrected chi connectivity index (χ4v) is 2.25. The van der Waals surface area contributed by atoms with Crippen molar-refractivity contribution in [1.82, 2.24) is 10.2 Å². The number of hydrogen-bond donors (Lipinski definition) is 2. The lowest BCUT2D eigenvalue weighted by Gasteiger charge is -2.36. The van der Waals surface area contributed by atoms with Crippen molar-refractivity contribution >= 4 is 17.7 Å². The first-order valence-corrected chi connectivity index (χ1v) is 6.82. The predicted molar refractivity (Wildman–Crippen MR) is 75.8 cm³/mol. The van der Waals surface area contributed by atoms with Crippen LogP contribution in [-0.4, -0.2) is 54.7 Å². The summed E-state index contributed by atoms with van der Waals surface area (Å²) in [5, 5.41) is 11.1. The van der Waals surface area contributed by atoms with Crippen LogP contribution in [0.25, 0.3) is 0 Å². The van der Waals surface area contributed by atoms with Crippen molar-refractivity contribution in [2.75, 3.05) is 37.6 Å². The lowest BCUT2D eigenvalue weighted by Crippen LogP contribution is -2.52. The predicted octanol–water partition coefficient (Wildman–Crippen LogP) is 1.13. The summed E-state index contributed by atoms with van der Waals surface area (Å²) in [5.74, 6) is -1.21. The summed E-state index contributed by atoms with van der Waals surface area (Å²) in [7, 11) is 0. The van der Waals surface area contributed by atoms with Crippen LogP contribution in [-0.2, 0) is 4.79 Å². The topological polar surface area (TPSA) is 72.9 Å². The number of hydrogen-bond acceptors (Lipinski definition) is 3. The monoisotopic (exact) mass is 295 g/mol. The van der Waals surface area contributed by atoms with Crippen LogP contribution in [0.1, 0.15) is 6.42 Å². The normalized spacial score (nSPS) is 14.9. The lowest BCUT2D eigenvalue weighted by molar-refractivity contribution is -0.136. The molecule has 1 aromatic rings. The van der Waals surface area contributed by atoms with Gasteiger partial charge in [0.2, 0.25) is 0 Å². The zero-order valence-electron chi connectivity index (χ0n) is 11.6. The fourth-order valence-electron chi connectivity index (χ4n) is 2.25. The molecule has 0 atom stereocenters. The van der Waals surface area contributed by atoms with Gasteiger partial charge in [-0.1, -0.05) is 12.1 Å². The van der Waals surface area contributed by atoms with E-state index < -0.39 is 5.97 Å². The van der Waals surface area contributed by atoms with Gasteiger partial charge in [0.25, 0.3) is 0 Å². The molecule has 1 fully saturated rings. The Labute approximate surface area is 122 Å². The summed E-state index contributed by atoms with van der Waals surface area (Å²) in [6.07, 6.45) is -0.0963. The van der Waals surface area contributed by atoms with E-state index >= 15 is 0 Å². The average Bonchev–Trinajstić information content (AvgIpc) is 2.47. The summed E-state index contributed by atoms with van der Waals surface area (Å²) in [6, 6.07) is 6.29. The van der Waals surface area contributed by atoms with Gasteiger partial charge in [0, 0.05) is 32.7 Å². The number of urea groups is 1. The number of carbonyl (C=O) groups excluding carboxylic acids is 1. The van der Waals surface area contributed by atoms with Crippen molar-refractivity contribution in [3.8, 4) is 0 Å². The number of benzene rings is 1. The SMILES string of the molecule is O=C(O)CCNC(=O)N1CCN(c2ccccc2F)CC1. The van der Waals surface area contributed by atoms with E-state index in [1.165, 1.54) is 6.07 Å². The molecule has 1 saturated heterocycles. The van der Waals surface area contributed by atoms with Crippen LogP contribution >= 0.6 is 0 Å². The molecule has 0 unspecified atom stereocenters. The van der Waals surface area contributed by atoms with Gasteiger partial charge >= 0.3 is 12.0 Å². The van der Waals surface area contributed by atoms with Crippen LogP contribution < -0.4 is 10.2 Å². The zero-order chi connectivity index (χ0) is 15.2. The molecule has 6 nitrogen and oxygen atoms in total. The molecule has 114 valence electrons. The van der Waals surface area contributed by atoms with Crippen molar-refractivity contribution in [2.45, 2.75) is 6.42 Å². The second-order valence-corrected chi connectivity index (χ2v) is 4.80. The molecule has 2 rings (SSSR count). The van der Waals surface area contributed by atoms with Crippen molar-refractivity contribution in [1.29, 1.82) is 0 Å². The summed E-state index contributed by atoms with van der Waals surface area (Å²) in [6.45, 7) is 2.17. The van der Waals surface area contributed by atoms with Crippen LogP contribution in [0.4, 0.5) is 14.9 Å². The molecule has 0 bridgehead atoms. The van der Waals surface area contributed by atoms with E-state index in [2.05, 4.69) is 5.32 Å². The molecule has 0 aromatic heterocycles. The molecule has 1 aliphatic heterocycles. The molecule has 2 N–H and O–H groups in total. The molecule has 1 aromatic carbocycles. The highest BCUT2D eigenvalue weighted by Gasteiger charge is 2.22. The van der Waals surface area contributed by atoms with Gasteiger partial charge in [-0.3, -0.25) is 4.79 Å². The summed E-state index contributed by atoms with van der Waals surface area (Å²) in [4.78, 5) is 25.7.